The van der Waals surface area contributed by atoms with Gasteiger partial charge in [-0.25, -0.2) is 12.8 Å². The predicted octanol–water partition coefficient (Wildman–Crippen LogP) is 3.91. The number of hydrogen-bond acceptors (Lipinski definition) is 5. The van der Waals surface area contributed by atoms with Gasteiger partial charge in [-0.1, -0.05) is 17.7 Å². The van der Waals surface area contributed by atoms with E-state index in [4.69, 9.17) is 17.3 Å². The van der Waals surface area contributed by atoms with Gasteiger partial charge >= 0.3 is 0 Å². The van der Waals surface area contributed by atoms with E-state index in [9.17, 15) is 22.9 Å². The van der Waals surface area contributed by atoms with Crippen LogP contribution in [0.1, 0.15) is 25.5 Å². The highest BCUT2D eigenvalue weighted by Gasteiger charge is 2.29. The average Bonchev–Trinajstić information content (AvgIpc) is 2.61. The summed E-state index contributed by atoms with van der Waals surface area (Å²) >= 11 is 5.66. The fourth-order valence-electron chi connectivity index (χ4n) is 2.50. The third kappa shape index (κ3) is 5.39. The number of nitro benzene ring substituents is 1. The zero-order valence-electron chi connectivity index (χ0n) is 15.1. The second kappa shape index (κ2) is 9.62. The van der Waals surface area contributed by atoms with E-state index in [2.05, 4.69) is 0 Å². The van der Waals surface area contributed by atoms with E-state index in [0.717, 1.165) is 12.1 Å². The SMILES string of the molecule is CC(C)N(C[C@@H](N)c1ccc(Cl)c(F)c1)S(=O)(=O)c1ccc([N+](=O)[O-])cc1.Cl. The molecule has 0 radical (unpaired) electrons. The van der Waals surface area contributed by atoms with Crippen molar-refractivity contribution in [1.29, 1.82) is 0 Å². The minimum absolute atomic E-state index is 0. The summed E-state index contributed by atoms with van der Waals surface area (Å²) in [5, 5.41) is 10.7. The van der Waals surface area contributed by atoms with Crippen molar-refractivity contribution in [2.45, 2.75) is 30.8 Å². The Bertz CT molecular complexity index is 940. The first-order valence-electron chi connectivity index (χ1n) is 8.01. The van der Waals surface area contributed by atoms with Crippen LogP contribution in [0, 0.1) is 15.9 Å². The van der Waals surface area contributed by atoms with Crippen molar-refractivity contribution in [3.63, 3.8) is 0 Å². The molecule has 0 spiro atoms. The van der Waals surface area contributed by atoms with E-state index in [1.807, 2.05) is 0 Å². The molecule has 0 aliphatic heterocycles. The lowest BCUT2D eigenvalue weighted by Gasteiger charge is -2.28. The molecule has 28 heavy (non-hydrogen) atoms. The first-order valence-corrected chi connectivity index (χ1v) is 9.82. The summed E-state index contributed by atoms with van der Waals surface area (Å²) in [6.45, 7) is 3.26. The zero-order chi connectivity index (χ0) is 20.4. The number of rotatable bonds is 7. The number of non-ortho nitro benzene ring substituents is 1. The van der Waals surface area contributed by atoms with E-state index >= 15 is 0 Å². The van der Waals surface area contributed by atoms with Gasteiger partial charge in [-0.05, 0) is 43.7 Å². The van der Waals surface area contributed by atoms with Crippen LogP contribution in [0.4, 0.5) is 10.1 Å². The summed E-state index contributed by atoms with van der Waals surface area (Å²) in [5.74, 6) is -0.640. The van der Waals surface area contributed by atoms with Gasteiger partial charge in [-0.2, -0.15) is 4.31 Å². The van der Waals surface area contributed by atoms with Crippen molar-refractivity contribution < 1.29 is 17.7 Å². The van der Waals surface area contributed by atoms with E-state index < -0.39 is 32.8 Å². The molecule has 0 fully saturated rings. The van der Waals surface area contributed by atoms with Crippen LogP contribution in [-0.2, 0) is 10.0 Å². The molecule has 11 heteroatoms. The maximum absolute atomic E-state index is 13.7. The van der Waals surface area contributed by atoms with Crippen molar-refractivity contribution in [3.05, 3.63) is 69.0 Å². The van der Waals surface area contributed by atoms with Crippen molar-refractivity contribution in [1.82, 2.24) is 4.31 Å². The van der Waals surface area contributed by atoms with Crippen molar-refractivity contribution in [3.8, 4) is 0 Å². The molecule has 0 saturated heterocycles. The molecule has 0 saturated carbocycles. The Labute approximate surface area is 173 Å². The monoisotopic (exact) mass is 451 g/mol. The van der Waals surface area contributed by atoms with Crippen molar-refractivity contribution in [2.24, 2.45) is 5.73 Å². The summed E-state index contributed by atoms with van der Waals surface area (Å²) in [7, 11) is -3.95. The van der Waals surface area contributed by atoms with Gasteiger partial charge in [0.25, 0.3) is 5.69 Å². The van der Waals surface area contributed by atoms with Crippen molar-refractivity contribution >= 4 is 39.7 Å². The number of hydrogen-bond donors (Lipinski definition) is 1. The standard InChI is InChI=1S/C17H19ClFN3O4S.ClH/c1-11(2)21(10-17(20)12-3-8-15(18)16(19)9-12)27(25,26)14-6-4-13(5-7-14)22(23)24;/h3-9,11,17H,10,20H2,1-2H3;1H/t17-;/m1./s1. The highest BCUT2D eigenvalue weighted by atomic mass is 35.5. The molecule has 0 unspecified atom stereocenters. The molecule has 2 aromatic carbocycles. The lowest BCUT2D eigenvalue weighted by molar-refractivity contribution is -0.384. The van der Waals surface area contributed by atoms with Gasteiger partial charge in [0.2, 0.25) is 10.0 Å². The molecule has 0 amide bonds. The van der Waals surface area contributed by atoms with Crippen LogP contribution in [0.2, 0.25) is 5.02 Å². The summed E-state index contributed by atoms with van der Waals surface area (Å²) in [6, 6.07) is 7.44. The molecule has 7 nitrogen and oxygen atoms in total. The molecular weight excluding hydrogens is 432 g/mol. The maximum atomic E-state index is 13.7. The van der Waals surface area contributed by atoms with Gasteiger partial charge in [0.1, 0.15) is 5.82 Å². The van der Waals surface area contributed by atoms with Crippen LogP contribution in [0.5, 0.6) is 0 Å². The van der Waals surface area contributed by atoms with E-state index in [0.29, 0.717) is 5.56 Å². The quantitative estimate of drug-likeness (QED) is 0.507. The van der Waals surface area contributed by atoms with Crippen LogP contribution in [-0.4, -0.2) is 30.2 Å². The van der Waals surface area contributed by atoms with Gasteiger partial charge in [0.15, 0.2) is 0 Å². The number of sulfonamides is 1. The minimum Gasteiger partial charge on any atom is -0.323 e. The van der Waals surface area contributed by atoms with E-state index in [1.54, 1.807) is 13.8 Å². The zero-order valence-corrected chi connectivity index (χ0v) is 17.5. The molecule has 1 atom stereocenters. The highest BCUT2D eigenvalue weighted by Crippen LogP contribution is 2.25. The van der Waals surface area contributed by atoms with E-state index in [1.165, 1.54) is 34.6 Å². The molecule has 2 N–H and O–H groups in total. The molecular formula is C17H20Cl2FN3O4S. The first-order chi connectivity index (χ1) is 12.5. The number of nitrogens with two attached hydrogens (primary N) is 1. The third-order valence-corrected chi connectivity index (χ3v) is 6.34. The van der Waals surface area contributed by atoms with Crippen molar-refractivity contribution in [2.75, 3.05) is 6.54 Å². The Balaban J connectivity index is 0.00000392. The molecule has 0 heterocycles. The molecule has 0 bridgehead atoms. The second-order valence-corrected chi connectivity index (χ2v) is 8.50. The first kappa shape index (κ1) is 24.3. The largest absolute Gasteiger partial charge is 0.323 e. The van der Waals surface area contributed by atoms with Gasteiger partial charge in [-0.15, -0.1) is 12.4 Å². The number of halogens is 3. The number of nitrogens with zero attached hydrogens (tertiary/aromatic N) is 2. The summed E-state index contributed by atoms with van der Waals surface area (Å²) in [6.07, 6.45) is 0. The van der Waals surface area contributed by atoms with Crippen LogP contribution in [0.15, 0.2) is 47.4 Å². The molecule has 0 aliphatic carbocycles. The Hall–Kier alpha value is -1.78. The average molecular weight is 452 g/mol. The lowest BCUT2D eigenvalue weighted by atomic mass is 10.1. The van der Waals surface area contributed by atoms with Crippen LogP contribution < -0.4 is 5.73 Å². The van der Waals surface area contributed by atoms with E-state index in [-0.39, 0.29) is 34.6 Å². The predicted molar refractivity (Wildman–Crippen MR) is 108 cm³/mol. The summed E-state index contributed by atoms with van der Waals surface area (Å²) in [5.41, 5.74) is 6.28. The minimum atomic E-state index is -3.95. The fraction of sp³-hybridized carbons (Fsp3) is 0.294. The number of nitro groups is 1. The second-order valence-electron chi connectivity index (χ2n) is 6.20. The Morgan fingerprint density at radius 2 is 1.79 bits per heavy atom. The Morgan fingerprint density at radius 1 is 1.21 bits per heavy atom. The van der Waals surface area contributed by atoms with Gasteiger partial charge in [-0.3, -0.25) is 10.1 Å². The highest BCUT2D eigenvalue weighted by molar-refractivity contribution is 7.89. The molecule has 0 aliphatic rings. The van der Waals surface area contributed by atoms with Crippen LogP contribution in [0.3, 0.4) is 0 Å². The smallest absolute Gasteiger partial charge is 0.269 e. The lowest BCUT2D eigenvalue weighted by Crippen LogP contribution is -2.41. The molecule has 2 rings (SSSR count). The number of benzene rings is 2. The van der Waals surface area contributed by atoms with Gasteiger partial charge < -0.3 is 5.73 Å². The summed E-state index contributed by atoms with van der Waals surface area (Å²) in [4.78, 5) is 10.1. The topological polar surface area (TPSA) is 107 Å². The van der Waals surface area contributed by atoms with Gasteiger partial charge in [0.05, 0.1) is 14.8 Å². The normalized spacial score (nSPS) is 12.7. The molecule has 2 aromatic rings. The Morgan fingerprint density at radius 3 is 2.25 bits per heavy atom. The van der Waals surface area contributed by atoms with Crippen LogP contribution in [0.25, 0.3) is 0 Å². The summed E-state index contributed by atoms with van der Waals surface area (Å²) < 4.78 is 40.7. The fourth-order valence-corrected chi connectivity index (χ4v) is 4.28. The van der Waals surface area contributed by atoms with Gasteiger partial charge in [0, 0.05) is 30.8 Å². The third-order valence-electron chi connectivity index (χ3n) is 3.98. The maximum Gasteiger partial charge on any atom is 0.269 e. The molecule has 0 aromatic heterocycles. The Kier molecular flexibility index (Phi) is 8.33. The molecule has 154 valence electrons. The van der Waals surface area contributed by atoms with Crippen LogP contribution >= 0.6 is 24.0 Å².